The highest BCUT2D eigenvalue weighted by Gasteiger charge is 2.04. The monoisotopic (exact) mass is 356 g/mol. The van der Waals surface area contributed by atoms with Gasteiger partial charge in [-0.15, -0.1) is 0 Å². The number of hydrogen-bond acceptors (Lipinski definition) is 2. The van der Waals surface area contributed by atoms with Crippen molar-refractivity contribution in [3.05, 3.63) is 82.8 Å². The van der Waals surface area contributed by atoms with Crippen molar-refractivity contribution in [3.63, 3.8) is 0 Å². The Bertz CT molecular complexity index is 852. The summed E-state index contributed by atoms with van der Waals surface area (Å²) >= 11 is 5.86. The van der Waals surface area contributed by atoms with Gasteiger partial charge in [0.2, 0.25) is 0 Å². The van der Waals surface area contributed by atoms with Gasteiger partial charge in [0.1, 0.15) is 5.82 Å². The molecule has 0 radical (unpaired) electrons. The van der Waals surface area contributed by atoms with Crippen LogP contribution in [0, 0.1) is 5.82 Å². The molecule has 128 valence electrons. The Hall–Kier alpha value is -2.72. The Morgan fingerprint density at radius 3 is 2.36 bits per heavy atom. The minimum Gasteiger partial charge on any atom is -0.289 e. The molecule has 3 rings (SSSR count). The van der Waals surface area contributed by atoms with E-state index in [2.05, 4.69) is 10.2 Å². The van der Waals surface area contributed by atoms with Crippen LogP contribution in [0.1, 0.15) is 29.9 Å². The van der Waals surface area contributed by atoms with E-state index in [9.17, 15) is 9.18 Å². The van der Waals surface area contributed by atoms with E-state index in [-0.39, 0.29) is 11.6 Å². The van der Waals surface area contributed by atoms with Crippen LogP contribution in [0.5, 0.6) is 0 Å². The average Bonchev–Trinajstić information content (AvgIpc) is 3.11. The van der Waals surface area contributed by atoms with Gasteiger partial charge in [0.05, 0.1) is 11.4 Å². The Labute approximate surface area is 151 Å². The number of hydrogen-bond donors (Lipinski definition) is 1. The number of H-pyrrole nitrogens is 1. The van der Waals surface area contributed by atoms with Crippen LogP contribution in [0.25, 0.3) is 17.3 Å². The van der Waals surface area contributed by atoms with E-state index in [4.69, 9.17) is 11.6 Å². The molecule has 0 amide bonds. The topological polar surface area (TPSA) is 45.8 Å². The van der Waals surface area contributed by atoms with E-state index >= 15 is 0 Å². The molecule has 0 bridgehead atoms. The Kier molecular flexibility index (Phi) is 6.66. The molecule has 0 aliphatic rings. The second-order valence-corrected chi connectivity index (χ2v) is 5.36. The fourth-order valence-electron chi connectivity index (χ4n) is 2.07. The zero-order valence-electron chi connectivity index (χ0n) is 14.0. The molecule has 0 atom stereocenters. The second-order valence-electron chi connectivity index (χ2n) is 4.92. The number of halogens is 2. The third kappa shape index (κ3) is 5.13. The maximum Gasteiger partial charge on any atom is 0.185 e. The fraction of sp³-hybridized carbons (Fsp3) is 0.100. The van der Waals surface area contributed by atoms with Gasteiger partial charge >= 0.3 is 0 Å². The standard InChI is InChI=1S/C18H12ClFN2O.C2H6/c19-14-5-1-12(2-6-14)17-11-16(21-22-17)9-10-18(23)13-3-7-15(20)8-4-13;1-2/h1-11H,(H,21,22);1-2H3/b10-9+;. The van der Waals surface area contributed by atoms with E-state index < -0.39 is 0 Å². The summed E-state index contributed by atoms with van der Waals surface area (Å²) in [4.78, 5) is 12.0. The quantitative estimate of drug-likeness (QED) is 0.475. The highest BCUT2D eigenvalue weighted by Crippen LogP contribution is 2.20. The molecular weight excluding hydrogens is 339 g/mol. The highest BCUT2D eigenvalue weighted by atomic mass is 35.5. The van der Waals surface area contributed by atoms with Crippen molar-refractivity contribution < 1.29 is 9.18 Å². The molecule has 1 aromatic heterocycles. The number of carbonyl (C=O) groups excluding carboxylic acids is 1. The summed E-state index contributed by atoms with van der Waals surface area (Å²) in [7, 11) is 0. The van der Waals surface area contributed by atoms with Crippen LogP contribution < -0.4 is 0 Å². The molecule has 1 heterocycles. The summed E-state index contributed by atoms with van der Waals surface area (Å²) in [6.07, 6.45) is 3.06. The smallest absolute Gasteiger partial charge is 0.185 e. The Morgan fingerprint density at radius 1 is 1.08 bits per heavy atom. The SMILES string of the molecule is CC.O=C(/C=C/c1cc(-c2ccc(Cl)cc2)n[nH]1)c1ccc(F)cc1. The first kappa shape index (κ1) is 18.6. The maximum atomic E-state index is 12.8. The number of aromatic amines is 1. The van der Waals surface area contributed by atoms with Gasteiger partial charge in [-0.2, -0.15) is 5.10 Å². The first-order chi connectivity index (χ1) is 12.1. The van der Waals surface area contributed by atoms with E-state index in [0.29, 0.717) is 16.3 Å². The fourth-order valence-corrected chi connectivity index (χ4v) is 2.19. The lowest BCUT2D eigenvalue weighted by Gasteiger charge is -1.95. The lowest BCUT2D eigenvalue weighted by molar-refractivity contribution is 0.104. The largest absolute Gasteiger partial charge is 0.289 e. The lowest BCUT2D eigenvalue weighted by atomic mass is 10.1. The molecule has 0 unspecified atom stereocenters. The van der Waals surface area contributed by atoms with Gasteiger partial charge < -0.3 is 0 Å². The summed E-state index contributed by atoms with van der Waals surface area (Å²) in [6, 6.07) is 14.6. The van der Waals surface area contributed by atoms with Gasteiger partial charge in [0.25, 0.3) is 0 Å². The van der Waals surface area contributed by atoms with Gasteiger partial charge in [-0.3, -0.25) is 9.89 Å². The summed E-state index contributed by atoms with van der Waals surface area (Å²) in [5, 5.41) is 7.71. The van der Waals surface area contributed by atoms with E-state index in [1.54, 1.807) is 18.2 Å². The molecule has 5 heteroatoms. The van der Waals surface area contributed by atoms with Crippen LogP contribution in [0.2, 0.25) is 5.02 Å². The molecule has 0 fully saturated rings. The average molecular weight is 357 g/mol. The third-order valence-corrected chi connectivity index (χ3v) is 3.53. The molecule has 0 saturated carbocycles. The molecule has 3 nitrogen and oxygen atoms in total. The zero-order valence-corrected chi connectivity index (χ0v) is 14.7. The number of ketones is 1. The molecular formula is C20H18ClFN2O. The number of nitrogens with zero attached hydrogens (tertiary/aromatic N) is 1. The van der Waals surface area contributed by atoms with Crippen molar-refractivity contribution >= 4 is 23.5 Å². The summed E-state index contributed by atoms with van der Waals surface area (Å²) in [5.74, 6) is -0.570. The van der Waals surface area contributed by atoms with Crippen LogP contribution in [0.4, 0.5) is 4.39 Å². The zero-order chi connectivity index (χ0) is 18.2. The first-order valence-corrected chi connectivity index (χ1v) is 8.29. The molecule has 0 spiro atoms. The van der Waals surface area contributed by atoms with Crippen LogP contribution in [-0.4, -0.2) is 16.0 Å². The van der Waals surface area contributed by atoms with Crippen LogP contribution in [-0.2, 0) is 0 Å². The number of rotatable bonds is 4. The summed E-state index contributed by atoms with van der Waals surface area (Å²) < 4.78 is 12.8. The Morgan fingerprint density at radius 2 is 1.72 bits per heavy atom. The summed E-state index contributed by atoms with van der Waals surface area (Å²) in [6.45, 7) is 4.00. The number of aromatic nitrogens is 2. The third-order valence-electron chi connectivity index (χ3n) is 3.28. The van der Waals surface area contributed by atoms with Gasteiger partial charge in [-0.1, -0.05) is 37.6 Å². The molecule has 25 heavy (non-hydrogen) atoms. The molecule has 1 N–H and O–H groups in total. The van der Waals surface area contributed by atoms with Gasteiger partial charge in [0, 0.05) is 16.1 Å². The number of allylic oxidation sites excluding steroid dienone is 1. The highest BCUT2D eigenvalue weighted by molar-refractivity contribution is 6.30. The molecule has 3 aromatic rings. The molecule has 2 aromatic carbocycles. The normalized spacial score (nSPS) is 10.4. The molecule has 0 aliphatic heterocycles. The van der Waals surface area contributed by atoms with Gasteiger partial charge in [-0.05, 0) is 54.6 Å². The lowest BCUT2D eigenvalue weighted by Crippen LogP contribution is -1.93. The molecule has 0 saturated heterocycles. The van der Waals surface area contributed by atoms with Crippen molar-refractivity contribution in [1.82, 2.24) is 10.2 Å². The van der Waals surface area contributed by atoms with Crippen molar-refractivity contribution in [3.8, 4) is 11.3 Å². The van der Waals surface area contributed by atoms with Crippen molar-refractivity contribution in [1.29, 1.82) is 0 Å². The van der Waals surface area contributed by atoms with Crippen molar-refractivity contribution in [2.24, 2.45) is 0 Å². The summed E-state index contributed by atoms with van der Waals surface area (Å²) in [5.41, 5.74) is 2.82. The minimum atomic E-state index is -0.369. The van der Waals surface area contributed by atoms with E-state index in [0.717, 1.165) is 11.3 Å². The van der Waals surface area contributed by atoms with Crippen molar-refractivity contribution in [2.75, 3.05) is 0 Å². The number of nitrogens with one attached hydrogen (secondary N) is 1. The second kappa shape index (κ2) is 8.94. The maximum absolute atomic E-state index is 12.8. The molecule has 0 aliphatic carbocycles. The number of carbonyl (C=O) groups is 1. The van der Waals surface area contributed by atoms with E-state index in [1.807, 2.05) is 32.0 Å². The van der Waals surface area contributed by atoms with E-state index in [1.165, 1.54) is 30.3 Å². The van der Waals surface area contributed by atoms with Crippen LogP contribution >= 0.6 is 11.6 Å². The van der Waals surface area contributed by atoms with Crippen LogP contribution in [0.3, 0.4) is 0 Å². The van der Waals surface area contributed by atoms with Crippen LogP contribution in [0.15, 0.2) is 60.7 Å². The van der Waals surface area contributed by atoms with Gasteiger partial charge in [0.15, 0.2) is 5.78 Å². The minimum absolute atomic E-state index is 0.201. The number of benzene rings is 2. The first-order valence-electron chi connectivity index (χ1n) is 7.91. The predicted octanol–water partition coefficient (Wildman–Crippen LogP) is 5.79. The van der Waals surface area contributed by atoms with Gasteiger partial charge in [-0.25, -0.2) is 4.39 Å². The predicted molar refractivity (Wildman–Crippen MR) is 100 cm³/mol. The van der Waals surface area contributed by atoms with Crippen molar-refractivity contribution in [2.45, 2.75) is 13.8 Å². The Balaban J connectivity index is 0.00000109.